The molecule has 2 aromatic rings. The van der Waals surface area contributed by atoms with Gasteiger partial charge in [0.1, 0.15) is 0 Å². The number of pyridine rings is 1. The summed E-state index contributed by atoms with van der Waals surface area (Å²) in [5.41, 5.74) is 7.86. The summed E-state index contributed by atoms with van der Waals surface area (Å²) >= 11 is 1.50. The monoisotopic (exact) mass is 276 g/mol. The van der Waals surface area contributed by atoms with Gasteiger partial charge in [-0.2, -0.15) is 0 Å². The fourth-order valence-electron chi connectivity index (χ4n) is 1.68. The van der Waals surface area contributed by atoms with Crippen LogP contribution in [0, 0.1) is 6.92 Å². The highest BCUT2D eigenvalue weighted by Gasteiger charge is 2.10. The second-order valence-electron chi connectivity index (χ2n) is 4.18. The number of rotatable bonds is 4. The first-order valence-corrected chi connectivity index (χ1v) is 6.86. The van der Waals surface area contributed by atoms with Crippen LogP contribution in [-0.4, -0.2) is 15.9 Å². The van der Waals surface area contributed by atoms with Crippen LogP contribution in [0.1, 0.15) is 23.2 Å². The van der Waals surface area contributed by atoms with Gasteiger partial charge in [-0.05, 0) is 25.5 Å². The zero-order valence-electron chi connectivity index (χ0n) is 10.9. The Balaban J connectivity index is 1.99. The number of anilines is 2. The lowest BCUT2D eigenvalue weighted by atomic mass is 10.2. The van der Waals surface area contributed by atoms with Gasteiger partial charge < -0.3 is 11.1 Å². The van der Waals surface area contributed by atoms with Crippen LogP contribution >= 0.6 is 11.3 Å². The molecule has 0 radical (unpaired) electrons. The number of nitrogens with zero attached hydrogens (tertiary/aromatic N) is 2. The SMILES string of the molecule is CCc1nc(NC(=O)Cc2ccc(N)cn2)sc1C. The number of thiazole rings is 1. The first-order valence-electron chi connectivity index (χ1n) is 6.05. The van der Waals surface area contributed by atoms with E-state index < -0.39 is 0 Å². The standard InChI is InChI=1S/C13H16N4OS/c1-3-11-8(2)19-13(16-11)17-12(18)6-10-5-4-9(14)7-15-10/h4-5,7H,3,6,14H2,1-2H3,(H,16,17,18). The molecular weight excluding hydrogens is 260 g/mol. The van der Waals surface area contributed by atoms with Gasteiger partial charge in [0.2, 0.25) is 5.91 Å². The second-order valence-corrected chi connectivity index (χ2v) is 5.39. The lowest BCUT2D eigenvalue weighted by Crippen LogP contribution is -2.15. The van der Waals surface area contributed by atoms with Crippen LogP contribution in [0.3, 0.4) is 0 Å². The topological polar surface area (TPSA) is 80.9 Å². The third-order valence-corrected chi connectivity index (χ3v) is 3.59. The van der Waals surface area contributed by atoms with Crippen LogP contribution in [0.5, 0.6) is 0 Å². The Morgan fingerprint density at radius 2 is 2.26 bits per heavy atom. The Morgan fingerprint density at radius 1 is 1.47 bits per heavy atom. The van der Waals surface area contributed by atoms with Gasteiger partial charge in [0.15, 0.2) is 5.13 Å². The van der Waals surface area contributed by atoms with Crippen molar-refractivity contribution in [1.82, 2.24) is 9.97 Å². The Morgan fingerprint density at radius 3 is 2.84 bits per heavy atom. The van der Waals surface area contributed by atoms with E-state index in [0.29, 0.717) is 16.5 Å². The van der Waals surface area contributed by atoms with Crippen molar-refractivity contribution in [3.8, 4) is 0 Å². The van der Waals surface area contributed by atoms with Crippen molar-refractivity contribution in [2.75, 3.05) is 11.1 Å². The van der Waals surface area contributed by atoms with Crippen LogP contribution in [0.15, 0.2) is 18.3 Å². The largest absolute Gasteiger partial charge is 0.397 e. The maximum Gasteiger partial charge on any atom is 0.232 e. The van der Waals surface area contributed by atoms with Gasteiger partial charge in [-0.3, -0.25) is 9.78 Å². The molecule has 0 bridgehead atoms. The molecule has 1 amide bonds. The van der Waals surface area contributed by atoms with E-state index >= 15 is 0 Å². The lowest BCUT2D eigenvalue weighted by Gasteiger charge is -2.01. The Kier molecular flexibility index (Phi) is 4.11. The number of nitrogen functional groups attached to an aromatic ring is 1. The summed E-state index contributed by atoms with van der Waals surface area (Å²) in [7, 11) is 0. The maximum absolute atomic E-state index is 11.9. The summed E-state index contributed by atoms with van der Waals surface area (Å²) in [6.45, 7) is 4.06. The lowest BCUT2D eigenvalue weighted by molar-refractivity contribution is -0.115. The molecule has 0 aliphatic carbocycles. The van der Waals surface area contributed by atoms with Crippen LogP contribution in [0.2, 0.25) is 0 Å². The zero-order valence-corrected chi connectivity index (χ0v) is 11.8. The van der Waals surface area contributed by atoms with E-state index in [9.17, 15) is 4.79 Å². The van der Waals surface area contributed by atoms with Crippen molar-refractivity contribution < 1.29 is 4.79 Å². The van der Waals surface area contributed by atoms with Gasteiger partial charge in [-0.15, -0.1) is 11.3 Å². The van der Waals surface area contributed by atoms with E-state index in [1.165, 1.54) is 11.3 Å². The zero-order chi connectivity index (χ0) is 13.8. The van der Waals surface area contributed by atoms with Crippen molar-refractivity contribution in [2.24, 2.45) is 0 Å². The van der Waals surface area contributed by atoms with Crippen LogP contribution in [-0.2, 0) is 17.6 Å². The molecule has 100 valence electrons. The molecule has 0 saturated heterocycles. The summed E-state index contributed by atoms with van der Waals surface area (Å²) in [5, 5.41) is 3.45. The molecule has 2 aromatic heterocycles. The number of nitrogens with one attached hydrogen (secondary N) is 1. The molecular formula is C13H16N4OS. The number of amides is 1. The number of carbonyl (C=O) groups is 1. The average molecular weight is 276 g/mol. The average Bonchev–Trinajstić information content (AvgIpc) is 2.72. The normalized spacial score (nSPS) is 10.4. The molecule has 0 fully saturated rings. The molecule has 0 unspecified atom stereocenters. The number of aryl methyl sites for hydroxylation is 2. The third-order valence-electron chi connectivity index (χ3n) is 2.66. The second kappa shape index (κ2) is 5.79. The predicted molar refractivity (Wildman–Crippen MR) is 77.2 cm³/mol. The highest BCUT2D eigenvalue weighted by atomic mass is 32.1. The minimum absolute atomic E-state index is 0.117. The van der Waals surface area contributed by atoms with Gasteiger partial charge >= 0.3 is 0 Å². The van der Waals surface area contributed by atoms with Crippen molar-refractivity contribution in [2.45, 2.75) is 26.7 Å². The van der Waals surface area contributed by atoms with Gasteiger partial charge in [0.25, 0.3) is 0 Å². The van der Waals surface area contributed by atoms with Crippen molar-refractivity contribution in [3.63, 3.8) is 0 Å². The quantitative estimate of drug-likeness (QED) is 0.896. The number of nitrogens with two attached hydrogens (primary N) is 1. The molecule has 19 heavy (non-hydrogen) atoms. The summed E-state index contributed by atoms with van der Waals surface area (Å²) in [6, 6.07) is 3.48. The summed E-state index contributed by atoms with van der Waals surface area (Å²) < 4.78 is 0. The highest BCUT2D eigenvalue weighted by Crippen LogP contribution is 2.22. The van der Waals surface area contributed by atoms with E-state index in [0.717, 1.165) is 17.0 Å². The minimum Gasteiger partial charge on any atom is -0.397 e. The van der Waals surface area contributed by atoms with Crippen molar-refractivity contribution >= 4 is 28.1 Å². The third kappa shape index (κ3) is 3.51. The fourth-order valence-corrected chi connectivity index (χ4v) is 2.60. The molecule has 0 aromatic carbocycles. The smallest absolute Gasteiger partial charge is 0.232 e. The van der Waals surface area contributed by atoms with Gasteiger partial charge in [-0.1, -0.05) is 6.92 Å². The Labute approximate surface area is 115 Å². The summed E-state index contributed by atoms with van der Waals surface area (Å²) in [4.78, 5) is 21.5. The molecule has 0 aliphatic rings. The van der Waals surface area contributed by atoms with E-state index in [-0.39, 0.29) is 12.3 Å². The van der Waals surface area contributed by atoms with Gasteiger partial charge in [0.05, 0.1) is 24.0 Å². The van der Waals surface area contributed by atoms with E-state index in [1.54, 1.807) is 18.3 Å². The number of hydrogen-bond acceptors (Lipinski definition) is 5. The van der Waals surface area contributed by atoms with Crippen molar-refractivity contribution in [3.05, 3.63) is 34.6 Å². The van der Waals surface area contributed by atoms with Crippen LogP contribution < -0.4 is 11.1 Å². The summed E-state index contributed by atoms with van der Waals surface area (Å²) in [6.07, 6.45) is 2.64. The Hall–Kier alpha value is -1.95. The van der Waals surface area contributed by atoms with Gasteiger partial charge in [-0.25, -0.2) is 4.98 Å². The maximum atomic E-state index is 11.9. The minimum atomic E-state index is -0.117. The number of hydrogen-bond donors (Lipinski definition) is 2. The first-order chi connectivity index (χ1) is 9.08. The molecule has 0 spiro atoms. The molecule has 3 N–H and O–H groups in total. The Bertz CT molecular complexity index is 577. The molecule has 0 aliphatic heterocycles. The summed E-state index contributed by atoms with van der Waals surface area (Å²) in [5.74, 6) is -0.117. The number of carbonyl (C=O) groups excluding carboxylic acids is 1. The van der Waals surface area contributed by atoms with Crippen LogP contribution in [0.4, 0.5) is 10.8 Å². The molecule has 2 heterocycles. The highest BCUT2D eigenvalue weighted by molar-refractivity contribution is 7.15. The van der Waals surface area contributed by atoms with E-state index in [4.69, 9.17) is 5.73 Å². The van der Waals surface area contributed by atoms with E-state index in [2.05, 4.69) is 15.3 Å². The molecule has 0 saturated carbocycles. The van der Waals surface area contributed by atoms with Crippen LogP contribution in [0.25, 0.3) is 0 Å². The van der Waals surface area contributed by atoms with Crippen molar-refractivity contribution in [1.29, 1.82) is 0 Å². The molecule has 6 heteroatoms. The first kappa shape index (κ1) is 13.5. The fraction of sp³-hybridized carbons (Fsp3) is 0.308. The molecule has 2 rings (SSSR count). The van der Waals surface area contributed by atoms with E-state index in [1.807, 2.05) is 13.8 Å². The van der Waals surface area contributed by atoms with Gasteiger partial charge in [0, 0.05) is 10.6 Å². The number of aromatic nitrogens is 2. The molecule has 5 nitrogen and oxygen atoms in total. The predicted octanol–water partition coefficient (Wildman–Crippen LogP) is 2.17. The molecule has 0 atom stereocenters.